The highest BCUT2D eigenvalue weighted by Gasteiger charge is 2.24. The van der Waals surface area contributed by atoms with Crippen LogP contribution in [0.15, 0.2) is 41.1 Å². The number of carbonyl (C=O) groups excluding carboxylic acids is 1. The molecule has 1 aromatic heterocycles. The first-order valence-corrected chi connectivity index (χ1v) is 9.69. The number of likely N-dealkylation sites (N-methyl/N-ethyl adjacent to an activating group) is 1. The molecule has 1 aliphatic heterocycles. The van der Waals surface area contributed by atoms with E-state index in [1.807, 2.05) is 0 Å². The van der Waals surface area contributed by atoms with Gasteiger partial charge in [0.2, 0.25) is 0 Å². The molecule has 2 heterocycles. The molecule has 0 bridgehead atoms. The lowest BCUT2D eigenvalue weighted by Gasteiger charge is -2.37. The summed E-state index contributed by atoms with van der Waals surface area (Å²) in [4.78, 5) is 17.0. The van der Waals surface area contributed by atoms with Gasteiger partial charge in [-0.2, -0.15) is 11.3 Å². The van der Waals surface area contributed by atoms with E-state index in [2.05, 4.69) is 44.3 Å². The molecule has 0 radical (unpaired) electrons. The summed E-state index contributed by atoms with van der Waals surface area (Å²) >= 11 is 7.56. The summed E-state index contributed by atoms with van der Waals surface area (Å²) in [5, 5.41) is 10.8. The highest BCUT2D eigenvalue weighted by atomic mass is 35.5. The highest BCUT2D eigenvalue weighted by Crippen LogP contribution is 2.23. The van der Waals surface area contributed by atoms with Crippen LogP contribution in [0.3, 0.4) is 0 Å². The third kappa shape index (κ3) is 5.19. The van der Waals surface area contributed by atoms with E-state index in [1.54, 1.807) is 35.6 Å². The molecule has 134 valence electrons. The average molecular weight is 379 g/mol. The average Bonchev–Trinajstić information content (AvgIpc) is 3.13. The Morgan fingerprint density at radius 3 is 2.56 bits per heavy atom. The molecule has 25 heavy (non-hydrogen) atoms. The minimum absolute atomic E-state index is 0.198. The number of anilines is 1. The van der Waals surface area contributed by atoms with Crippen molar-refractivity contribution in [2.75, 3.05) is 45.1 Å². The lowest BCUT2D eigenvalue weighted by Crippen LogP contribution is -2.48. The van der Waals surface area contributed by atoms with Gasteiger partial charge in [0.05, 0.1) is 6.04 Å². The monoisotopic (exact) mass is 378 g/mol. The molecule has 1 unspecified atom stereocenters. The van der Waals surface area contributed by atoms with Crippen LogP contribution in [-0.2, 0) is 0 Å². The van der Waals surface area contributed by atoms with Gasteiger partial charge in [0.15, 0.2) is 0 Å². The number of rotatable bonds is 5. The normalized spacial score (nSPS) is 17.2. The van der Waals surface area contributed by atoms with E-state index >= 15 is 0 Å². The highest BCUT2D eigenvalue weighted by molar-refractivity contribution is 7.07. The summed E-state index contributed by atoms with van der Waals surface area (Å²) in [6.07, 6.45) is 0. The summed E-state index contributed by atoms with van der Waals surface area (Å²) in [7, 11) is 2.15. The van der Waals surface area contributed by atoms with Gasteiger partial charge in [-0.1, -0.05) is 11.6 Å². The Morgan fingerprint density at radius 2 is 1.92 bits per heavy atom. The summed E-state index contributed by atoms with van der Waals surface area (Å²) in [5.74, 6) is 0. The van der Waals surface area contributed by atoms with Crippen LogP contribution in [0.5, 0.6) is 0 Å². The quantitative estimate of drug-likeness (QED) is 0.836. The standard InChI is InChI=1S/C18H23ClN4OS/c1-22-7-9-23(10-8-22)17(14-6-11-25-13-14)12-20-18(24)21-16-4-2-15(19)3-5-16/h2-6,11,13,17H,7-10,12H2,1H3,(H2,20,21,24). The van der Waals surface area contributed by atoms with Gasteiger partial charge >= 0.3 is 6.03 Å². The molecule has 1 saturated heterocycles. The fraction of sp³-hybridized carbons (Fsp3) is 0.389. The number of carbonyl (C=O) groups is 1. The largest absolute Gasteiger partial charge is 0.336 e. The number of piperazine rings is 1. The smallest absolute Gasteiger partial charge is 0.319 e. The molecule has 1 atom stereocenters. The number of thiophene rings is 1. The molecule has 0 aliphatic carbocycles. The Balaban J connectivity index is 1.58. The summed E-state index contributed by atoms with van der Waals surface area (Å²) < 4.78 is 0. The first kappa shape index (κ1) is 18.2. The molecule has 0 spiro atoms. The number of halogens is 1. The van der Waals surface area contributed by atoms with E-state index < -0.39 is 0 Å². The van der Waals surface area contributed by atoms with Crippen LogP contribution in [0.2, 0.25) is 5.02 Å². The van der Waals surface area contributed by atoms with Crippen molar-refractivity contribution in [3.63, 3.8) is 0 Å². The topological polar surface area (TPSA) is 47.6 Å². The number of nitrogens with zero attached hydrogens (tertiary/aromatic N) is 2. The van der Waals surface area contributed by atoms with Crippen molar-refractivity contribution >= 4 is 34.7 Å². The predicted molar refractivity (Wildman–Crippen MR) is 105 cm³/mol. The fourth-order valence-corrected chi connectivity index (χ4v) is 3.79. The van der Waals surface area contributed by atoms with E-state index in [-0.39, 0.29) is 12.1 Å². The molecule has 1 aromatic carbocycles. The lowest BCUT2D eigenvalue weighted by molar-refractivity contribution is 0.111. The number of nitrogens with one attached hydrogen (secondary N) is 2. The molecule has 5 nitrogen and oxygen atoms in total. The van der Waals surface area contributed by atoms with Gasteiger partial charge < -0.3 is 15.5 Å². The second-order valence-corrected chi connectivity index (χ2v) is 7.47. The number of benzene rings is 1. The number of amides is 2. The van der Waals surface area contributed by atoms with Crippen molar-refractivity contribution < 1.29 is 4.79 Å². The van der Waals surface area contributed by atoms with Crippen LogP contribution in [0.1, 0.15) is 11.6 Å². The second-order valence-electron chi connectivity index (χ2n) is 6.25. The van der Waals surface area contributed by atoms with Gasteiger partial charge in [-0.25, -0.2) is 4.79 Å². The maximum Gasteiger partial charge on any atom is 0.319 e. The SMILES string of the molecule is CN1CCN(C(CNC(=O)Nc2ccc(Cl)cc2)c2ccsc2)CC1. The van der Waals surface area contributed by atoms with Crippen molar-refractivity contribution in [2.24, 2.45) is 0 Å². The van der Waals surface area contributed by atoms with Crippen LogP contribution in [0.4, 0.5) is 10.5 Å². The van der Waals surface area contributed by atoms with Crippen molar-refractivity contribution in [3.05, 3.63) is 51.7 Å². The number of hydrogen-bond acceptors (Lipinski definition) is 4. The fourth-order valence-electron chi connectivity index (χ4n) is 2.95. The van der Waals surface area contributed by atoms with Gasteiger partial charge in [0, 0.05) is 43.4 Å². The predicted octanol–water partition coefficient (Wildman–Crippen LogP) is 3.51. The van der Waals surface area contributed by atoms with E-state index in [0.29, 0.717) is 11.6 Å². The zero-order chi connectivity index (χ0) is 17.6. The molecular formula is C18H23ClN4OS. The Bertz CT molecular complexity index is 669. The van der Waals surface area contributed by atoms with Crippen LogP contribution in [0.25, 0.3) is 0 Å². The molecule has 0 saturated carbocycles. The molecule has 2 N–H and O–H groups in total. The van der Waals surface area contributed by atoms with Gasteiger partial charge in [-0.05, 0) is 53.7 Å². The van der Waals surface area contributed by atoms with E-state index in [0.717, 1.165) is 31.9 Å². The Kier molecular flexibility index (Phi) is 6.31. The van der Waals surface area contributed by atoms with Gasteiger partial charge in [0.25, 0.3) is 0 Å². The Hall–Kier alpha value is -1.60. The lowest BCUT2D eigenvalue weighted by atomic mass is 10.1. The van der Waals surface area contributed by atoms with E-state index in [4.69, 9.17) is 11.6 Å². The molecule has 2 amide bonds. The molecule has 1 fully saturated rings. The third-order valence-electron chi connectivity index (χ3n) is 4.46. The van der Waals surface area contributed by atoms with Crippen molar-refractivity contribution in [2.45, 2.75) is 6.04 Å². The van der Waals surface area contributed by atoms with Crippen LogP contribution in [-0.4, -0.2) is 55.6 Å². The van der Waals surface area contributed by atoms with Crippen molar-refractivity contribution in [1.29, 1.82) is 0 Å². The van der Waals surface area contributed by atoms with Gasteiger partial charge in [-0.3, -0.25) is 4.90 Å². The van der Waals surface area contributed by atoms with E-state index in [1.165, 1.54) is 5.56 Å². The van der Waals surface area contributed by atoms with Crippen LogP contribution < -0.4 is 10.6 Å². The van der Waals surface area contributed by atoms with Gasteiger partial charge in [-0.15, -0.1) is 0 Å². The van der Waals surface area contributed by atoms with Crippen LogP contribution in [0, 0.1) is 0 Å². The number of hydrogen-bond donors (Lipinski definition) is 2. The van der Waals surface area contributed by atoms with Crippen LogP contribution >= 0.6 is 22.9 Å². The maximum absolute atomic E-state index is 12.2. The minimum Gasteiger partial charge on any atom is -0.336 e. The minimum atomic E-state index is -0.198. The first-order valence-electron chi connectivity index (χ1n) is 8.37. The molecule has 3 rings (SSSR count). The molecule has 2 aromatic rings. The van der Waals surface area contributed by atoms with Crippen molar-refractivity contribution in [3.8, 4) is 0 Å². The third-order valence-corrected chi connectivity index (χ3v) is 5.42. The molecule has 1 aliphatic rings. The summed E-state index contributed by atoms with van der Waals surface area (Å²) in [5.41, 5.74) is 2.00. The second kappa shape index (κ2) is 8.67. The Morgan fingerprint density at radius 1 is 1.20 bits per heavy atom. The first-order chi connectivity index (χ1) is 12.1. The molecular weight excluding hydrogens is 356 g/mol. The summed E-state index contributed by atoms with van der Waals surface area (Å²) in [6.45, 7) is 4.71. The number of urea groups is 1. The van der Waals surface area contributed by atoms with E-state index in [9.17, 15) is 4.79 Å². The maximum atomic E-state index is 12.2. The Labute approximate surface area is 157 Å². The van der Waals surface area contributed by atoms with Crippen molar-refractivity contribution in [1.82, 2.24) is 15.1 Å². The zero-order valence-corrected chi connectivity index (χ0v) is 15.8. The molecule has 7 heteroatoms. The summed E-state index contributed by atoms with van der Waals surface area (Å²) in [6, 6.07) is 9.25. The zero-order valence-electron chi connectivity index (χ0n) is 14.2. The van der Waals surface area contributed by atoms with Gasteiger partial charge in [0.1, 0.15) is 0 Å².